The maximum Gasteiger partial charge on any atom is 0.446 e. The van der Waals surface area contributed by atoms with E-state index in [0.717, 1.165) is 12.0 Å². The van der Waals surface area contributed by atoms with Crippen LogP contribution in [0.3, 0.4) is 0 Å². The van der Waals surface area contributed by atoms with Crippen LogP contribution in [0.15, 0.2) is 40.3 Å². The van der Waals surface area contributed by atoms with E-state index in [1.807, 2.05) is 44.2 Å². The van der Waals surface area contributed by atoms with Crippen molar-refractivity contribution >= 4 is 29.3 Å². The summed E-state index contributed by atoms with van der Waals surface area (Å²) in [5.74, 6) is 0.512. The van der Waals surface area contributed by atoms with Gasteiger partial charge < -0.3 is 0 Å². The zero-order valence-corrected chi connectivity index (χ0v) is 13.3. The van der Waals surface area contributed by atoms with Crippen LogP contribution in [0, 0.1) is 0 Å². The Bertz CT molecular complexity index is 747. The minimum absolute atomic E-state index is 0.269. The van der Waals surface area contributed by atoms with Crippen LogP contribution in [0.5, 0.6) is 0 Å². The standard InChI is InChI=1S/C17H19N4O2/c1-3-10-20-15-13(16(22)21(11-4-2)17(20)23)18-14(19-15)12-8-6-5-7-9-12/h5-9H,3-4,10-11H2,1-2H3/q+1. The third kappa shape index (κ3) is 2.60. The van der Waals surface area contributed by atoms with E-state index in [-0.39, 0.29) is 17.6 Å². The van der Waals surface area contributed by atoms with Crippen LogP contribution in [0.25, 0.3) is 0 Å². The highest BCUT2D eigenvalue weighted by Gasteiger charge is 2.47. The third-order valence-corrected chi connectivity index (χ3v) is 3.73. The van der Waals surface area contributed by atoms with E-state index in [1.165, 1.54) is 4.90 Å². The molecule has 0 aromatic heterocycles. The predicted molar refractivity (Wildman–Crippen MR) is 88.2 cm³/mol. The summed E-state index contributed by atoms with van der Waals surface area (Å²) in [6, 6.07) is 9.18. The molecule has 1 aromatic carbocycles. The van der Waals surface area contributed by atoms with Crippen molar-refractivity contribution in [2.45, 2.75) is 26.7 Å². The molecule has 0 N–H and O–H groups in total. The molecule has 0 spiro atoms. The Labute approximate surface area is 134 Å². The van der Waals surface area contributed by atoms with Gasteiger partial charge in [0, 0.05) is 5.56 Å². The Hall–Kier alpha value is -2.63. The van der Waals surface area contributed by atoms with Gasteiger partial charge in [-0.2, -0.15) is 14.5 Å². The Morgan fingerprint density at radius 3 is 2.43 bits per heavy atom. The normalized spacial score (nSPS) is 17.4. The van der Waals surface area contributed by atoms with Crippen molar-refractivity contribution in [1.82, 2.24) is 4.90 Å². The van der Waals surface area contributed by atoms with Gasteiger partial charge in [0.05, 0.1) is 13.1 Å². The van der Waals surface area contributed by atoms with Crippen LogP contribution in [-0.2, 0) is 4.79 Å². The second kappa shape index (κ2) is 6.24. The number of rotatable bonds is 5. The van der Waals surface area contributed by atoms with E-state index in [4.69, 9.17) is 0 Å². The van der Waals surface area contributed by atoms with Gasteiger partial charge in [-0.1, -0.05) is 37.0 Å². The van der Waals surface area contributed by atoms with Gasteiger partial charge in [-0.3, -0.25) is 0 Å². The molecule has 2 aliphatic heterocycles. The molecule has 1 aromatic rings. The van der Waals surface area contributed by atoms with E-state index in [9.17, 15) is 9.59 Å². The highest BCUT2D eigenvalue weighted by atomic mass is 16.2. The molecule has 23 heavy (non-hydrogen) atoms. The van der Waals surface area contributed by atoms with Gasteiger partial charge in [-0.25, -0.2) is 9.59 Å². The van der Waals surface area contributed by atoms with Gasteiger partial charge in [0.2, 0.25) is 11.5 Å². The highest BCUT2D eigenvalue weighted by Crippen LogP contribution is 2.16. The lowest BCUT2D eigenvalue weighted by Gasteiger charge is -2.21. The van der Waals surface area contributed by atoms with Crippen molar-refractivity contribution in [3.63, 3.8) is 0 Å². The first-order valence-electron chi connectivity index (χ1n) is 7.90. The zero-order chi connectivity index (χ0) is 16.4. The average molecular weight is 311 g/mol. The molecule has 0 saturated heterocycles. The lowest BCUT2D eigenvalue weighted by Crippen LogP contribution is -2.54. The first-order chi connectivity index (χ1) is 11.2. The number of carbonyl (C=O) groups is 2. The molecule has 0 atom stereocenters. The SMILES string of the molecule is CCCN1C(=O)C2=NC(c3ccccc3)=NC2=[N+](CCC)C1=O. The summed E-state index contributed by atoms with van der Waals surface area (Å²) in [6.45, 7) is 4.84. The molecular formula is C17H19N4O2+. The van der Waals surface area contributed by atoms with Gasteiger partial charge in [0.25, 0.3) is 0 Å². The number of urea groups is 1. The topological polar surface area (TPSA) is 65.1 Å². The van der Waals surface area contributed by atoms with Gasteiger partial charge in [-0.05, 0) is 25.0 Å². The molecule has 6 nitrogen and oxygen atoms in total. The first-order valence-corrected chi connectivity index (χ1v) is 7.90. The fourth-order valence-electron chi connectivity index (χ4n) is 2.68. The summed E-state index contributed by atoms with van der Waals surface area (Å²) in [4.78, 5) is 35.3. The van der Waals surface area contributed by atoms with Gasteiger partial charge in [0.15, 0.2) is 0 Å². The van der Waals surface area contributed by atoms with Crippen LogP contribution < -0.4 is 0 Å². The van der Waals surface area contributed by atoms with E-state index in [1.54, 1.807) is 4.58 Å². The van der Waals surface area contributed by atoms with Gasteiger partial charge >= 0.3 is 17.8 Å². The van der Waals surface area contributed by atoms with Gasteiger partial charge in [-0.15, -0.1) is 0 Å². The minimum Gasteiger partial charge on any atom is -0.248 e. The smallest absolute Gasteiger partial charge is 0.248 e. The van der Waals surface area contributed by atoms with Crippen molar-refractivity contribution in [2.75, 3.05) is 13.1 Å². The molecular weight excluding hydrogens is 292 g/mol. The molecule has 3 rings (SSSR count). The summed E-state index contributed by atoms with van der Waals surface area (Å²) >= 11 is 0. The number of benzene rings is 1. The lowest BCUT2D eigenvalue weighted by molar-refractivity contribution is -0.435. The summed E-state index contributed by atoms with van der Waals surface area (Å²) in [6.07, 6.45) is 1.50. The lowest BCUT2D eigenvalue weighted by atomic mass is 10.2. The molecule has 0 radical (unpaired) electrons. The number of nitrogens with zero attached hydrogens (tertiary/aromatic N) is 4. The molecule has 2 aliphatic rings. The summed E-state index contributed by atoms with van der Waals surface area (Å²) in [5, 5.41) is 0. The zero-order valence-electron chi connectivity index (χ0n) is 13.3. The Balaban J connectivity index is 2.09. The van der Waals surface area contributed by atoms with Crippen LogP contribution >= 0.6 is 0 Å². The fourth-order valence-corrected chi connectivity index (χ4v) is 2.68. The highest BCUT2D eigenvalue weighted by molar-refractivity contribution is 6.70. The number of hydrogen-bond acceptors (Lipinski definition) is 4. The molecule has 6 heteroatoms. The molecule has 0 unspecified atom stereocenters. The number of fused-ring (bicyclic) bond motifs is 1. The van der Waals surface area contributed by atoms with E-state index in [2.05, 4.69) is 9.98 Å². The number of amides is 3. The molecule has 2 heterocycles. The van der Waals surface area contributed by atoms with Crippen molar-refractivity contribution < 1.29 is 14.2 Å². The molecule has 0 bridgehead atoms. The second-order valence-corrected chi connectivity index (χ2v) is 5.48. The Kier molecular flexibility index (Phi) is 4.14. The van der Waals surface area contributed by atoms with Crippen LogP contribution in [0.2, 0.25) is 0 Å². The molecule has 0 aliphatic carbocycles. The fraction of sp³-hybridized carbons (Fsp3) is 0.353. The summed E-state index contributed by atoms with van der Waals surface area (Å²) in [5.41, 5.74) is 1.10. The van der Waals surface area contributed by atoms with Crippen LogP contribution in [0.1, 0.15) is 32.3 Å². The molecule has 0 fully saturated rings. The summed E-state index contributed by atoms with van der Waals surface area (Å²) in [7, 11) is 0. The van der Waals surface area contributed by atoms with Crippen molar-refractivity contribution in [3.05, 3.63) is 35.9 Å². The molecule has 3 amide bonds. The van der Waals surface area contributed by atoms with Crippen molar-refractivity contribution in [2.24, 2.45) is 9.98 Å². The summed E-state index contributed by atoms with van der Waals surface area (Å²) < 4.78 is 1.56. The van der Waals surface area contributed by atoms with E-state index < -0.39 is 0 Å². The minimum atomic E-state index is -0.353. The maximum atomic E-state index is 12.6. The van der Waals surface area contributed by atoms with Crippen LogP contribution in [-0.4, -0.2) is 51.9 Å². The molecule has 0 saturated carbocycles. The Morgan fingerprint density at radius 2 is 1.78 bits per heavy atom. The van der Waals surface area contributed by atoms with E-state index >= 15 is 0 Å². The number of imide groups is 1. The van der Waals surface area contributed by atoms with Gasteiger partial charge in [0.1, 0.15) is 0 Å². The molecule has 118 valence electrons. The monoisotopic (exact) mass is 311 g/mol. The average Bonchev–Trinajstić information content (AvgIpc) is 3.02. The third-order valence-electron chi connectivity index (χ3n) is 3.73. The van der Waals surface area contributed by atoms with Crippen molar-refractivity contribution in [1.29, 1.82) is 0 Å². The van der Waals surface area contributed by atoms with Crippen LogP contribution in [0.4, 0.5) is 4.79 Å². The number of carbonyl (C=O) groups excluding carboxylic acids is 2. The number of amidine groups is 2. The first kappa shape index (κ1) is 15.3. The van der Waals surface area contributed by atoms with Crippen molar-refractivity contribution in [3.8, 4) is 0 Å². The predicted octanol–water partition coefficient (Wildman–Crippen LogP) is 2.08. The largest absolute Gasteiger partial charge is 0.446 e. The quantitative estimate of drug-likeness (QED) is 0.781. The second-order valence-electron chi connectivity index (χ2n) is 5.48. The van der Waals surface area contributed by atoms with E-state index in [0.29, 0.717) is 31.2 Å². The Morgan fingerprint density at radius 1 is 1.04 bits per heavy atom. The maximum absolute atomic E-state index is 12.6. The number of aliphatic imine (C=N–C) groups is 2. The number of hydrogen-bond donors (Lipinski definition) is 0.